The fourth-order valence-electron chi connectivity index (χ4n) is 3.62. The summed E-state index contributed by atoms with van der Waals surface area (Å²) >= 11 is 0. The lowest BCUT2D eigenvalue weighted by atomic mass is 9.76. The summed E-state index contributed by atoms with van der Waals surface area (Å²) in [5.41, 5.74) is 9.87. The van der Waals surface area contributed by atoms with Crippen LogP contribution in [0.25, 0.3) is 0 Å². The van der Waals surface area contributed by atoms with Gasteiger partial charge in [-0.3, -0.25) is 4.79 Å². The van der Waals surface area contributed by atoms with Gasteiger partial charge in [-0.05, 0) is 38.3 Å². The number of rotatable bonds is 3. The molecule has 0 radical (unpaired) electrons. The predicted octanol–water partition coefficient (Wildman–Crippen LogP) is 3.16. The van der Waals surface area contributed by atoms with E-state index < -0.39 is 11.9 Å². The minimum atomic E-state index is -0.533. The summed E-state index contributed by atoms with van der Waals surface area (Å²) < 4.78 is 10.9. The van der Waals surface area contributed by atoms with Crippen molar-refractivity contribution in [2.75, 3.05) is 6.61 Å². The molecule has 1 aromatic carbocycles. The van der Waals surface area contributed by atoms with Gasteiger partial charge in [-0.2, -0.15) is 0 Å². The highest BCUT2D eigenvalue weighted by atomic mass is 16.5. The molecule has 1 aliphatic carbocycles. The maximum atomic E-state index is 12.7. The van der Waals surface area contributed by atoms with Crippen LogP contribution in [-0.2, 0) is 19.1 Å². The Morgan fingerprint density at radius 1 is 1.32 bits per heavy atom. The zero-order valence-corrected chi connectivity index (χ0v) is 14.8. The molecular formula is C20H23NO4. The van der Waals surface area contributed by atoms with Crippen molar-refractivity contribution in [2.24, 2.45) is 5.73 Å². The van der Waals surface area contributed by atoms with Gasteiger partial charge in [0, 0.05) is 18.4 Å². The van der Waals surface area contributed by atoms with Crippen molar-refractivity contribution in [3.05, 3.63) is 57.7 Å². The molecule has 1 aliphatic heterocycles. The molecule has 1 atom stereocenters. The molecule has 0 bridgehead atoms. The number of ketones is 1. The number of nitrogens with two attached hydrogens (primary N) is 1. The van der Waals surface area contributed by atoms with E-state index in [0.717, 1.165) is 23.1 Å². The normalized spacial score (nSPS) is 20.3. The summed E-state index contributed by atoms with van der Waals surface area (Å²) in [5, 5.41) is 0. The largest absolute Gasteiger partial charge is 0.462 e. The SMILES string of the molecule is CCOC(=O)C1=C(N)OC2=C(C(=O)CCC2)[C@@H]1c1ccc(C)cc1C. The molecule has 5 nitrogen and oxygen atoms in total. The number of carbonyl (C=O) groups is 2. The molecule has 0 aromatic heterocycles. The Labute approximate surface area is 147 Å². The van der Waals surface area contributed by atoms with Crippen molar-refractivity contribution in [3.8, 4) is 0 Å². The lowest BCUT2D eigenvalue weighted by Crippen LogP contribution is -2.31. The average molecular weight is 341 g/mol. The highest BCUT2D eigenvalue weighted by Gasteiger charge is 2.41. The summed E-state index contributed by atoms with van der Waals surface area (Å²) in [4.78, 5) is 25.2. The molecule has 132 valence electrons. The maximum Gasteiger partial charge on any atom is 0.340 e. The molecule has 1 aromatic rings. The van der Waals surface area contributed by atoms with Crippen LogP contribution < -0.4 is 5.73 Å². The minimum Gasteiger partial charge on any atom is -0.462 e. The van der Waals surface area contributed by atoms with E-state index in [4.69, 9.17) is 15.2 Å². The van der Waals surface area contributed by atoms with Crippen LogP contribution in [0.4, 0.5) is 0 Å². The summed E-state index contributed by atoms with van der Waals surface area (Å²) in [7, 11) is 0. The Morgan fingerprint density at radius 3 is 2.76 bits per heavy atom. The number of ether oxygens (including phenoxy) is 2. The first-order chi connectivity index (χ1) is 11.9. The fraction of sp³-hybridized carbons (Fsp3) is 0.400. The predicted molar refractivity (Wildman–Crippen MR) is 93.5 cm³/mol. The lowest BCUT2D eigenvalue weighted by molar-refractivity contribution is -0.139. The molecule has 0 spiro atoms. The van der Waals surface area contributed by atoms with Gasteiger partial charge >= 0.3 is 5.97 Å². The first kappa shape index (κ1) is 17.3. The Kier molecular flexibility index (Phi) is 4.66. The number of hydrogen-bond donors (Lipinski definition) is 1. The molecule has 0 saturated carbocycles. The monoisotopic (exact) mass is 341 g/mol. The highest BCUT2D eigenvalue weighted by molar-refractivity contribution is 6.03. The molecule has 25 heavy (non-hydrogen) atoms. The molecule has 3 rings (SSSR count). The number of benzene rings is 1. The minimum absolute atomic E-state index is 0.0144. The van der Waals surface area contributed by atoms with E-state index in [9.17, 15) is 9.59 Å². The molecule has 0 unspecified atom stereocenters. The zero-order valence-electron chi connectivity index (χ0n) is 14.8. The smallest absolute Gasteiger partial charge is 0.340 e. The number of esters is 1. The summed E-state index contributed by atoms with van der Waals surface area (Å²) in [6.45, 7) is 5.95. The van der Waals surface area contributed by atoms with Gasteiger partial charge in [0.15, 0.2) is 5.78 Å². The Hall–Kier alpha value is -2.56. The van der Waals surface area contributed by atoms with Gasteiger partial charge in [0.05, 0.1) is 12.5 Å². The van der Waals surface area contributed by atoms with Gasteiger partial charge in [0.2, 0.25) is 5.88 Å². The molecular weight excluding hydrogens is 318 g/mol. The van der Waals surface area contributed by atoms with E-state index in [-0.39, 0.29) is 23.8 Å². The maximum absolute atomic E-state index is 12.7. The van der Waals surface area contributed by atoms with Crippen LogP contribution >= 0.6 is 0 Å². The third-order valence-corrected chi connectivity index (χ3v) is 4.72. The molecule has 2 N–H and O–H groups in total. The van der Waals surface area contributed by atoms with E-state index in [1.165, 1.54) is 0 Å². The zero-order chi connectivity index (χ0) is 18.1. The van der Waals surface area contributed by atoms with E-state index in [0.29, 0.717) is 24.2 Å². The van der Waals surface area contributed by atoms with Crippen molar-refractivity contribution in [3.63, 3.8) is 0 Å². The number of carbonyl (C=O) groups excluding carboxylic acids is 2. The second-order valence-corrected chi connectivity index (χ2v) is 6.51. The van der Waals surface area contributed by atoms with Crippen LogP contribution in [0.2, 0.25) is 0 Å². The van der Waals surface area contributed by atoms with Crippen molar-refractivity contribution >= 4 is 11.8 Å². The Morgan fingerprint density at radius 2 is 2.08 bits per heavy atom. The van der Waals surface area contributed by atoms with Gasteiger partial charge in [0.25, 0.3) is 0 Å². The quantitative estimate of drug-likeness (QED) is 0.855. The highest BCUT2D eigenvalue weighted by Crippen LogP contribution is 2.44. The van der Waals surface area contributed by atoms with E-state index in [2.05, 4.69) is 0 Å². The number of hydrogen-bond acceptors (Lipinski definition) is 5. The summed E-state index contributed by atoms with van der Waals surface area (Å²) in [5.74, 6) is -0.421. The van der Waals surface area contributed by atoms with Crippen LogP contribution in [0.3, 0.4) is 0 Å². The number of Topliss-reactive ketones (excluding diaryl/α,β-unsaturated/α-hetero) is 1. The summed E-state index contributed by atoms with van der Waals surface area (Å²) in [6.07, 6.45) is 1.85. The fourth-order valence-corrected chi connectivity index (χ4v) is 3.62. The second kappa shape index (κ2) is 6.75. The standard InChI is InChI=1S/C20H23NO4/c1-4-24-20(23)18-16(13-9-8-11(2)10-12(13)3)17-14(22)6-5-7-15(17)25-19(18)21/h8-10,16H,4-7,21H2,1-3H3/t16-/m0/s1. The van der Waals surface area contributed by atoms with Crippen molar-refractivity contribution in [2.45, 2.75) is 46.0 Å². The third kappa shape index (κ3) is 3.06. The molecule has 0 amide bonds. The second-order valence-electron chi connectivity index (χ2n) is 6.51. The first-order valence-electron chi connectivity index (χ1n) is 8.62. The Bertz CT molecular complexity index is 804. The van der Waals surface area contributed by atoms with Crippen molar-refractivity contribution < 1.29 is 19.1 Å². The Balaban J connectivity index is 2.20. The molecule has 5 heteroatoms. The van der Waals surface area contributed by atoms with Gasteiger partial charge in [-0.25, -0.2) is 4.79 Å². The van der Waals surface area contributed by atoms with Crippen molar-refractivity contribution in [1.82, 2.24) is 0 Å². The van der Waals surface area contributed by atoms with Crippen LogP contribution in [0.5, 0.6) is 0 Å². The molecule has 2 aliphatic rings. The lowest BCUT2D eigenvalue weighted by Gasteiger charge is -2.33. The van der Waals surface area contributed by atoms with E-state index in [1.807, 2.05) is 32.0 Å². The molecule has 0 fully saturated rings. The number of allylic oxidation sites excluding steroid dienone is 2. The van der Waals surface area contributed by atoms with Crippen LogP contribution in [0, 0.1) is 13.8 Å². The summed E-state index contributed by atoms with van der Waals surface area (Å²) in [6, 6.07) is 5.97. The third-order valence-electron chi connectivity index (χ3n) is 4.72. The van der Waals surface area contributed by atoms with Crippen LogP contribution in [0.15, 0.2) is 41.0 Å². The van der Waals surface area contributed by atoms with Gasteiger partial charge in [0.1, 0.15) is 11.3 Å². The van der Waals surface area contributed by atoms with Crippen molar-refractivity contribution in [1.29, 1.82) is 0 Å². The van der Waals surface area contributed by atoms with Gasteiger partial charge < -0.3 is 15.2 Å². The number of aryl methyl sites for hydroxylation is 2. The van der Waals surface area contributed by atoms with Gasteiger partial charge in [-0.15, -0.1) is 0 Å². The molecule has 1 heterocycles. The van der Waals surface area contributed by atoms with E-state index in [1.54, 1.807) is 6.92 Å². The van der Waals surface area contributed by atoms with E-state index >= 15 is 0 Å². The average Bonchev–Trinajstić information content (AvgIpc) is 2.54. The van der Waals surface area contributed by atoms with Gasteiger partial charge in [-0.1, -0.05) is 23.8 Å². The van der Waals surface area contributed by atoms with Crippen LogP contribution in [-0.4, -0.2) is 18.4 Å². The van der Waals surface area contributed by atoms with Crippen LogP contribution in [0.1, 0.15) is 48.8 Å². The molecule has 0 saturated heterocycles. The first-order valence-corrected chi connectivity index (χ1v) is 8.62. The topological polar surface area (TPSA) is 78.6 Å².